The molecule has 1 heterocycles. The number of nitrogens with one attached hydrogen (secondary N) is 3. The maximum absolute atomic E-state index is 12.1. The van der Waals surface area contributed by atoms with Gasteiger partial charge in [-0.05, 0) is 29.8 Å². The van der Waals surface area contributed by atoms with Gasteiger partial charge in [-0.2, -0.15) is 0 Å². The summed E-state index contributed by atoms with van der Waals surface area (Å²) >= 11 is 0. The molecule has 0 saturated carbocycles. The lowest BCUT2D eigenvalue weighted by atomic mass is 10.2. The Kier molecular flexibility index (Phi) is 5.49. The highest BCUT2D eigenvalue weighted by molar-refractivity contribution is 5.75. The lowest BCUT2D eigenvalue weighted by Gasteiger charge is -2.10. The minimum atomic E-state index is -4.72. The molecule has 0 aliphatic rings. The standard InChI is InChI=1S/C18H17F3N4O2/c19-18(20,21)27-13-7-5-12(6-8-13)11-23-17(26)22-10-9-16-24-14-3-1-2-4-15(14)25-16/h1-8H,9-11H2,(H,24,25)(H2,22,23,26). The van der Waals surface area contributed by atoms with E-state index < -0.39 is 6.36 Å². The van der Waals surface area contributed by atoms with E-state index >= 15 is 0 Å². The van der Waals surface area contributed by atoms with E-state index in [9.17, 15) is 18.0 Å². The largest absolute Gasteiger partial charge is 0.573 e. The summed E-state index contributed by atoms with van der Waals surface area (Å²) in [6.45, 7) is 0.576. The first-order valence-corrected chi connectivity index (χ1v) is 8.19. The van der Waals surface area contributed by atoms with Gasteiger partial charge in [0.2, 0.25) is 0 Å². The number of imidazole rings is 1. The molecule has 1 aromatic heterocycles. The van der Waals surface area contributed by atoms with Crippen molar-refractivity contribution in [3.05, 3.63) is 59.9 Å². The fourth-order valence-electron chi connectivity index (χ4n) is 2.47. The molecule has 0 atom stereocenters. The first kappa shape index (κ1) is 18.6. The van der Waals surface area contributed by atoms with Gasteiger partial charge in [0.1, 0.15) is 11.6 Å². The lowest BCUT2D eigenvalue weighted by molar-refractivity contribution is -0.274. The number of para-hydroxylation sites is 2. The highest BCUT2D eigenvalue weighted by Crippen LogP contribution is 2.22. The van der Waals surface area contributed by atoms with Gasteiger partial charge in [0.05, 0.1) is 11.0 Å². The molecule has 0 aliphatic heterocycles. The number of aromatic amines is 1. The van der Waals surface area contributed by atoms with Gasteiger partial charge >= 0.3 is 12.4 Å². The number of alkyl halides is 3. The van der Waals surface area contributed by atoms with Crippen LogP contribution in [0.25, 0.3) is 11.0 Å². The number of hydrogen-bond acceptors (Lipinski definition) is 3. The molecular formula is C18H17F3N4O2. The molecule has 2 amide bonds. The SMILES string of the molecule is O=C(NCCc1nc2ccccc2[nH]1)NCc1ccc(OC(F)(F)F)cc1. The predicted octanol–water partition coefficient (Wildman–Crippen LogP) is 3.50. The van der Waals surface area contributed by atoms with Gasteiger partial charge in [0, 0.05) is 19.5 Å². The Labute approximate surface area is 152 Å². The van der Waals surface area contributed by atoms with Gasteiger partial charge in [-0.1, -0.05) is 24.3 Å². The van der Waals surface area contributed by atoms with Crippen LogP contribution in [0.2, 0.25) is 0 Å². The molecule has 27 heavy (non-hydrogen) atoms. The summed E-state index contributed by atoms with van der Waals surface area (Å²) in [5.74, 6) is 0.471. The highest BCUT2D eigenvalue weighted by Gasteiger charge is 2.30. The maximum atomic E-state index is 12.1. The van der Waals surface area contributed by atoms with Gasteiger partial charge in [-0.25, -0.2) is 9.78 Å². The first-order chi connectivity index (χ1) is 12.9. The molecule has 2 aromatic carbocycles. The molecule has 3 aromatic rings. The van der Waals surface area contributed by atoms with E-state index in [0.717, 1.165) is 16.9 Å². The van der Waals surface area contributed by atoms with Crippen LogP contribution in [0.15, 0.2) is 48.5 Å². The Balaban J connectivity index is 1.40. The number of carbonyl (C=O) groups excluding carboxylic acids is 1. The molecule has 0 bridgehead atoms. The van der Waals surface area contributed by atoms with Crippen LogP contribution >= 0.6 is 0 Å². The number of nitrogens with zero attached hydrogens (tertiary/aromatic N) is 1. The van der Waals surface area contributed by atoms with E-state index in [4.69, 9.17) is 0 Å². The van der Waals surface area contributed by atoms with Crippen molar-refractivity contribution in [3.63, 3.8) is 0 Å². The third kappa shape index (κ3) is 5.63. The van der Waals surface area contributed by atoms with Crippen molar-refractivity contribution in [2.75, 3.05) is 6.54 Å². The highest BCUT2D eigenvalue weighted by atomic mass is 19.4. The number of H-pyrrole nitrogens is 1. The van der Waals surface area contributed by atoms with Gasteiger partial charge in [0.15, 0.2) is 0 Å². The molecule has 0 radical (unpaired) electrons. The summed E-state index contributed by atoms with van der Waals surface area (Å²) in [5, 5.41) is 5.34. The van der Waals surface area contributed by atoms with Crippen LogP contribution in [0, 0.1) is 0 Å². The van der Waals surface area contributed by atoms with E-state index in [-0.39, 0.29) is 18.3 Å². The molecule has 0 spiro atoms. The van der Waals surface area contributed by atoms with E-state index in [2.05, 4.69) is 25.3 Å². The van der Waals surface area contributed by atoms with E-state index in [0.29, 0.717) is 18.5 Å². The molecular weight excluding hydrogens is 361 g/mol. The Morgan fingerprint density at radius 1 is 1.07 bits per heavy atom. The molecule has 0 unspecified atom stereocenters. The smallest absolute Gasteiger partial charge is 0.406 e. The van der Waals surface area contributed by atoms with Crippen molar-refractivity contribution >= 4 is 17.1 Å². The monoisotopic (exact) mass is 378 g/mol. The first-order valence-electron chi connectivity index (χ1n) is 8.19. The second kappa shape index (κ2) is 7.98. The normalized spacial score (nSPS) is 11.4. The van der Waals surface area contributed by atoms with Gasteiger partial charge < -0.3 is 20.4 Å². The van der Waals surface area contributed by atoms with Crippen LogP contribution in [-0.4, -0.2) is 28.9 Å². The number of aromatic nitrogens is 2. The number of amides is 2. The molecule has 6 nitrogen and oxygen atoms in total. The molecule has 3 N–H and O–H groups in total. The van der Waals surface area contributed by atoms with E-state index in [1.807, 2.05) is 24.3 Å². The third-order valence-corrected chi connectivity index (χ3v) is 3.70. The second-order valence-electron chi connectivity index (χ2n) is 5.75. The number of fused-ring (bicyclic) bond motifs is 1. The number of rotatable bonds is 6. The van der Waals surface area contributed by atoms with Crippen LogP contribution in [0.5, 0.6) is 5.75 Å². The number of benzene rings is 2. The summed E-state index contributed by atoms with van der Waals surface area (Å²) in [6.07, 6.45) is -4.18. The topological polar surface area (TPSA) is 79.0 Å². The average Bonchev–Trinajstić information content (AvgIpc) is 3.02. The van der Waals surface area contributed by atoms with Crippen molar-refractivity contribution in [2.45, 2.75) is 19.3 Å². The molecule has 142 valence electrons. The van der Waals surface area contributed by atoms with Crippen molar-refractivity contribution in [1.82, 2.24) is 20.6 Å². The van der Waals surface area contributed by atoms with Gasteiger partial charge in [0.25, 0.3) is 0 Å². The van der Waals surface area contributed by atoms with Crippen LogP contribution in [0.1, 0.15) is 11.4 Å². The zero-order chi connectivity index (χ0) is 19.3. The fourth-order valence-corrected chi connectivity index (χ4v) is 2.47. The Bertz CT molecular complexity index is 874. The Morgan fingerprint density at radius 2 is 1.81 bits per heavy atom. The van der Waals surface area contributed by atoms with Crippen molar-refractivity contribution in [1.29, 1.82) is 0 Å². The quantitative estimate of drug-likeness (QED) is 0.614. The number of halogens is 3. The number of hydrogen-bond donors (Lipinski definition) is 3. The molecule has 0 saturated heterocycles. The second-order valence-corrected chi connectivity index (χ2v) is 5.75. The fraction of sp³-hybridized carbons (Fsp3) is 0.222. The molecule has 9 heteroatoms. The summed E-state index contributed by atoms with van der Waals surface area (Å²) in [6, 6.07) is 12.6. The third-order valence-electron chi connectivity index (χ3n) is 3.70. The lowest BCUT2D eigenvalue weighted by Crippen LogP contribution is -2.36. The van der Waals surface area contributed by atoms with Crippen molar-refractivity contribution in [2.24, 2.45) is 0 Å². The van der Waals surface area contributed by atoms with Crippen LogP contribution < -0.4 is 15.4 Å². The average molecular weight is 378 g/mol. The summed E-state index contributed by atoms with van der Waals surface area (Å²) in [7, 11) is 0. The Morgan fingerprint density at radius 3 is 2.52 bits per heavy atom. The van der Waals surface area contributed by atoms with E-state index in [1.54, 1.807) is 0 Å². The number of carbonyl (C=O) groups is 1. The summed E-state index contributed by atoms with van der Waals surface area (Å²) in [4.78, 5) is 19.4. The van der Waals surface area contributed by atoms with Crippen molar-refractivity contribution < 1.29 is 22.7 Å². The molecule has 0 aliphatic carbocycles. The molecule has 3 rings (SSSR count). The van der Waals surface area contributed by atoms with Crippen LogP contribution in [-0.2, 0) is 13.0 Å². The molecule has 0 fully saturated rings. The van der Waals surface area contributed by atoms with E-state index in [1.165, 1.54) is 24.3 Å². The van der Waals surface area contributed by atoms with Crippen LogP contribution in [0.4, 0.5) is 18.0 Å². The zero-order valence-corrected chi connectivity index (χ0v) is 14.1. The summed E-state index contributed by atoms with van der Waals surface area (Å²) in [5.41, 5.74) is 2.46. The van der Waals surface area contributed by atoms with Gasteiger partial charge in [-0.3, -0.25) is 0 Å². The zero-order valence-electron chi connectivity index (χ0n) is 14.1. The number of urea groups is 1. The van der Waals surface area contributed by atoms with Crippen LogP contribution in [0.3, 0.4) is 0 Å². The van der Waals surface area contributed by atoms with Crippen molar-refractivity contribution in [3.8, 4) is 5.75 Å². The predicted molar refractivity (Wildman–Crippen MR) is 93.2 cm³/mol. The number of ether oxygens (including phenoxy) is 1. The minimum Gasteiger partial charge on any atom is -0.406 e. The maximum Gasteiger partial charge on any atom is 0.573 e. The Hall–Kier alpha value is -3.23. The van der Waals surface area contributed by atoms with Gasteiger partial charge in [-0.15, -0.1) is 13.2 Å². The summed E-state index contributed by atoms with van der Waals surface area (Å²) < 4.78 is 40.1. The minimum absolute atomic E-state index is 0.183.